The summed E-state index contributed by atoms with van der Waals surface area (Å²) in [6.07, 6.45) is 3.54. The van der Waals surface area contributed by atoms with E-state index in [2.05, 4.69) is 6.92 Å². The summed E-state index contributed by atoms with van der Waals surface area (Å²) in [4.78, 5) is 0. The minimum atomic E-state index is 0.171. The van der Waals surface area contributed by atoms with E-state index >= 15 is 0 Å². The van der Waals surface area contributed by atoms with E-state index in [4.69, 9.17) is 10.8 Å². The molecule has 9 heavy (non-hydrogen) atoms. The van der Waals surface area contributed by atoms with Gasteiger partial charge >= 0.3 is 0 Å². The predicted molar refractivity (Wildman–Crippen MR) is 37.1 cm³/mol. The standard InChI is InChI=1S/C7H13NO/c1-5-2-6(8)4-7(9)3-5/h3,5-6,9H,2,4,8H2,1H3/t5-,6?/m0/s1. The molecule has 1 unspecified atom stereocenters. The highest BCUT2D eigenvalue weighted by Crippen LogP contribution is 2.19. The van der Waals surface area contributed by atoms with E-state index in [1.165, 1.54) is 0 Å². The van der Waals surface area contributed by atoms with Crippen molar-refractivity contribution in [1.82, 2.24) is 0 Å². The maximum absolute atomic E-state index is 9.03. The fourth-order valence-electron chi connectivity index (χ4n) is 1.29. The molecule has 0 radical (unpaired) electrons. The van der Waals surface area contributed by atoms with E-state index in [-0.39, 0.29) is 6.04 Å². The van der Waals surface area contributed by atoms with Crippen LogP contribution < -0.4 is 5.73 Å². The van der Waals surface area contributed by atoms with Crippen molar-refractivity contribution in [2.45, 2.75) is 25.8 Å². The minimum absolute atomic E-state index is 0.171. The second-order valence-corrected chi connectivity index (χ2v) is 2.84. The SMILES string of the molecule is C[C@@H]1C=C(O)CC(N)C1. The number of aliphatic hydroxyl groups is 1. The average molecular weight is 127 g/mol. The van der Waals surface area contributed by atoms with Crippen LogP contribution in [0, 0.1) is 5.92 Å². The first-order valence-corrected chi connectivity index (χ1v) is 3.33. The van der Waals surface area contributed by atoms with Gasteiger partial charge in [-0.05, 0) is 18.4 Å². The molecule has 0 aromatic heterocycles. The van der Waals surface area contributed by atoms with Crippen LogP contribution in [0.1, 0.15) is 19.8 Å². The zero-order chi connectivity index (χ0) is 6.85. The number of nitrogens with two attached hydrogens (primary N) is 1. The first-order valence-electron chi connectivity index (χ1n) is 3.33. The Morgan fingerprint density at radius 3 is 2.89 bits per heavy atom. The van der Waals surface area contributed by atoms with Crippen LogP contribution in [0.3, 0.4) is 0 Å². The molecule has 0 fully saturated rings. The van der Waals surface area contributed by atoms with Crippen LogP contribution in [0.25, 0.3) is 0 Å². The molecule has 2 nitrogen and oxygen atoms in total. The van der Waals surface area contributed by atoms with Crippen molar-refractivity contribution >= 4 is 0 Å². The number of rotatable bonds is 0. The molecule has 1 rings (SSSR count). The Balaban J connectivity index is 2.56. The molecular formula is C7H13NO. The largest absolute Gasteiger partial charge is 0.513 e. The van der Waals surface area contributed by atoms with Crippen LogP contribution in [0.15, 0.2) is 11.8 Å². The van der Waals surface area contributed by atoms with E-state index in [9.17, 15) is 0 Å². The smallest absolute Gasteiger partial charge is 0.0901 e. The number of allylic oxidation sites excluding steroid dienone is 1. The summed E-state index contributed by atoms with van der Waals surface area (Å²) in [5.41, 5.74) is 5.61. The van der Waals surface area contributed by atoms with E-state index < -0.39 is 0 Å². The molecule has 0 bridgehead atoms. The minimum Gasteiger partial charge on any atom is -0.513 e. The van der Waals surface area contributed by atoms with E-state index in [1.807, 2.05) is 6.08 Å². The lowest BCUT2D eigenvalue weighted by Crippen LogP contribution is -2.26. The van der Waals surface area contributed by atoms with Crippen LogP contribution >= 0.6 is 0 Å². The maximum atomic E-state index is 9.03. The van der Waals surface area contributed by atoms with E-state index in [0.717, 1.165) is 6.42 Å². The van der Waals surface area contributed by atoms with Crippen molar-refractivity contribution in [3.63, 3.8) is 0 Å². The molecule has 0 amide bonds. The molecule has 0 aliphatic heterocycles. The highest BCUT2D eigenvalue weighted by Gasteiger charge is 2.14. The molecule has 0 heterocycles. The highest BCUT2D eigenvalue weighted by molar-refractivity contribution is 5.02. The lowest BCUT2D eigenvalue weighted by molar-refractivity contribution is 0.334. The van der Waals surface area contributed by atoms with Gasteiger partial charge < -0.3 is 10.8 Å². The normalized spacial score (nSPS) is 36.0. The van der Waals surface area contributed by atoms with E-state index in [0.29, 0.717) is 18.1 Å². The molecule has 2 atom stereocenters. The number of hydrogen-bond acceptors (Lipinski definition) is 2. The lowest BCUT2D eigenvalue weighted by atomic mass is 9.93. The van der Waals surface area contributed by atoms with Gasteiger partial charge in [0.25, 0.3) is 0 Å². The number of hydrogen-bond donors (Lipinski definition) is 2. The molecule has 1 aliphatic rings. The summed E-state index contributed by atoms with van der Waals surface area (Å²) in [7, 11) is 0. The van der Waals surface area contributed by atoms with Gasteiger partial charge in [-0.2, -0.15) is 0 Å². The molecular weight excluding hydrogens is 114 g/mol. The van der Waals surface area contributed by atoms with Crippen molar-refractivity contribution in [1.29, 1.82) is 0 Å². The van der Waals surface area contributed by atoms with Crippen LogP contribution in [-0.4, -0.2) is 11.1 Å². The van der Waals surface area contributed by atoms with Gasteiger partial charge in [-0.25, -0.2) is 0 Å². The fraction of sp³-hybridized carbons (Fsp3) is 0.714. The topological polar surface area (TPSA) is 46.2 Å². The quantitative estimate of drug-likeness (QED) is 0.513. The Kier molecular flexibility index (Phi) is 1.76. The van der Waals surface area contributed by atoms with Crippen molar-refractivity contribution in [3.05, 3.63) is 11.8 Å². The summed E-state index contributed by atoms with van der Waals surface area (Å²) >= 11 is 0. The van der Waals surface area contributed by atoms with Crippen molar-refractivity contribution in [2.24, 2.45) is 11.7 Å². The van der Waals surface area contributed by atoms with Crippen LogP contribution in [-0.2, 0) is 0 Å². The monoisotopic (exact) mass is 127 g/mol. The van der Waals surface area contributed by atoms with Gasteiger partial charge in [-0.1, -0.05) is 6.92 Å². The van der Waals surface area contributed by atoms with Gasteiger partial charge in [0.2, 0.25) is 0 Å². The fourth-order valence-corrected chi connectivity index (χ4v) is 1.29. The third-order valence-electron chi connectivity index (χ3n) is 1.62. The summed E-state index contributed by atoms with van der Waals surface area (Å²) in [6, 6.07) is 0.171. The zero-order valence-corrected chi connectivity index (χ0v) is 5.67. The summed E-state index contributed by atoms with van der Waals surface area (Å²) in [5.74, 6) is 0.912. The molecule has 2 heteroatoms. The highest BCUT2D eigenvalue weighted by atomic mass is 16.3. The Morgan fingerprint density at radius 1 is 1.78 bits per heavy atom. The van der Waals surface area contributed by atoms with Crippen molar-refractivity contribution in [3.8, 4) is 0 Å². The van der Waals surface area contributed by atoms with Gasteiger partial charge in [0, 0.05) is 12.5 Å². The van der Waals surface area contributed by atoms with Gasteiger partial charge in [-0.15, -0.1) is 0 Å². The summed E-state index contributed by atoms with van der Waals surface area (Å²) < 4.78 is 0. The third-order valence-corrected chi connectivity index (χ3v) is 1.62. The molecule has 0 saturated carbocycles. The third kappa shape index (κ3) is 1.72. The molecule has 0 aromatic carbocycles. The van der Waals surface area contributed by atoms with E-state index in [1.54, 1.807) is 0 Å². The van der Waals surface area contributed by atoms with Crippen LogP contribution in [0.2, 0.25) is 0 Å². The van der Waals surface area contributed by atoms with Gasteiger partial charge in [0.05, 0.1) is 5.76 Å². The van der Waals surface area contributed by atoms with Crippen LogP contribution in [0.4, 0.5) is 0 Å². The summed E-state index contributed by atoms with van der Waals surface area (Å²) in [5, 5.41) is 9.03. The van der Waals surface area contributed by atoms with Gasteiger partial charge in [0.1, 0.15) is 0 Å². The number of aliphatic hydroxyl groups excluding tert-OH is 1. The molecule has 52 valence electrons. The second-order valence-electron chi connectivity index (χ2n) is 2.84. The first-order chi connectivity index (χ1) is 4.18. The van der Waals surface area contributed by atoms with Crippen molar-refractivity contribution < 1.29 is 5.11 Å². The Morgan fingerprint density at radius 2 is 2.44 bits per heavy atom. The predicted octanol–water partition coefficient (Wildman–Crippen LogP) is 1.19. The van der Waals surface area contributed by atoms with Gasteiger partial charge in [0.15, 0.2) is 0 Å². The molecule has 0 saturated heterocycles. The molecule has 0 aromatic rings. The summed E-state index contributed by atoms with van der Waals surface area (Å²) in [6.45, 7) is 2.06. The van der Waals surface area contributed by atoms with Crippen LogP contribution in [0.5, 0.6) is 0 Å². The zero-order valence-electron chi connectivity index (χ0n) is 5.67. The Bertz CT molecular complexity index is 131. The lowest BCUT2D eigenvalue weighted by Gasteiger charge is -2.19. The molecule has 3 N–H and O–H groups in total. The van der Waals surface area contributed by atoms with Gasteiger partial charge in [-0.3, -0.25) is 0 Å². The Hall–Kier alpha value is -0.500. The Labute approximate surface area is 55.4 Å². The first kappa shape index (κ1) is 6.62. The molecule has 1 aliphatic carbocycles. The molecule has 0 spiro atoms. The second kappa shape index (κ2) is 2.40. The van der Waals surface area contributed by atoms with Crippen molar-refractivity contribution in [2.75, 3.05) is 0 Å². The maximum Gasteiger partial charge on any atom is 0.0901 e. The average Bonchev–Trinajstić information content (AvgIpc) is 1.59.